The highest BCUT2D eigenvalue weighted by Crippen LogP contribution is 2.46. The normalized spacial score (nSPS) is 16.4. The van der Waals surface area contributed by atoms with Gasteiger partial charge in [-0.3, -0.25) is 14.5 Å². The van der Waals surface area contributed by atoms with Gasteiger partial charge in [0.25, 0.3) is 5.78 Å². The smallest absolute Gasteiger partial charge is 0.301 e. The van der Waals surface area contributed by atoms with E-state index in [4.69, 9.17) is 25.8 Å². The van der Waals surface area contributed by atoms with Gasteiger partial charge in [-0.2, -0.15) is 0 Å². The Morgan fingerprint density at radius 1 is 1.05 bits per heavy atom. The van der Waals surface area contributed by atoms with Crippen LogP contribution in [0.4, 0.5) is 5.13 Å². The van der Waals surface area contributed by atoms with Gasteiger partial charge in [0.05, 0.1) is 42.2 Å². The van der Waals surface area contributed by atoms with Gasteiger partial charge in [-0.1, -0.05) is 54.5 Å². The van der Waals surface area contributed by atoms with Crippen molar-refractivity contribution in [2.75, 3.05) is 25.2 Å². The van der Waals surface area contributed by atoms with Crippen LogP contribution >= 0.6 is 22.9 Å². The highest BCUT2D eigenvalue weighted by Gasteiger charge is 2.48. The number of carbonyl (C=O) groups excluding carboxylic acids is 2. The molecule has 0 spiro atoms. The van der Waals surface area contributed by atoms with Crippen LogP contribution in [0.3, 0.4) is 0 Å². The quantitative estimate of drug-likeness (QED) is 0.0902. The van der Waals surface area contributed by atoms with Crippen LogP contribution in [-0.4, -0.2) is 42.1 Å². The molecular weight excluding hydrogens is 564 g/mol. The molecule has 212 valence electrons. The number of aliphatic hydroxyl groups excluding tert-OH is 1. The summed E-state index contributed by atoms with van der Waals surface area (Å²) in [5, 5.41) is 12.4. The molecular formula is C31H29ClN2O6S. The molecule has 10 heteroatoms. The van der Waals surface area contributed by atoms with Crippen molar-refractivity contribution in [2.24, 2.45) is 0 Å². The second kappa shape index (κ2) is 12.2. The number of fused-ring (bicyclic) bond motifs is 1. The number of halogens is 1. The molecule has 1 atom stereocenters. The van der Waals surface area contributed by atoms with E-state index in [1.165, 1.54) is 23.3 Å². The van der Waals surface area contributed by atoms with E-state index in [-0.39, 0.29) is 11.3 Å². The number of aliphatic hydroxyl groups is 1. The zero-order chi connectivity index (χ0) is 29.1. The molecule has 3 aromatic carbocycles. The van der Waals surface area contributed by atoms with Crippen LogP contribution in [0.15, 0.2) is 66.2 Å². The predicted molar refractivity (Wildman–Crippen MR) is 160 cm³/mol. The van der Waals surface area contributed by atoms with Gasteiger partial charge in [0.1, 0.15) is 11.5 Å². The molecule has 1 fully saturated rings. The Morgan fingerprint density at radius 3 is 2.63 bits per heavy atom. The van der Waals surface area contributed by atoms with E-state index >= 15 is 0 Å². The summed E-state index contributed by atoms with van der Waals surface area (Å²) in [5.74, 6) is -0.438. The Hall–Kier alpha value is -4.08. The topological polar surface area (TPSA) is 98.2 Å². The fourth-order valence-electron chi connectivity index (χ4n) is 4.69. The number of thiazole rings is 1. The van der Waals surface area contributed by atoms with E-state index in [0.29, 0.717) is 57.3 Å². The molecule has 0 aliphatic carbocycles. The summed E-state index contributed by atoms with van der Waals surface area (Å²) in [7, 11) is 1.51. The van der Waals surface area contributed by atoms with Gasteiger partial charge in [-0.15, -0.1) is 0 Å². The number of ether oxygens (including phenoxy) is 3. The van der Waals surface area contributed by atoms with Gasteiger partial charge in [0, 0.05) is 10.6 Å². The second-order valence-corrected chi connectivity index (χ2v) is 10.8. The molecule has 1 aliphatic rings. The lowest BCUT2D eigenvalue weighted by molar-refractivity contribution is -0.132. The molecule has 0 bridgehead atoms. The van der Waals surface area contributed by atoms with Crippen LogP contribution in [-0.2, 0) is 9.59 Å². The largest absolute Gasteiger partial charge is 0.507 e. The minimum absolute atomic E-state index is 0.0655. The summed E-state index contributed by atoms with van der Waals surface area (Å²) in [6.45, 7) is 4.89. The predicted octanol–water partition coefficient (Wildman–Crippen LogP) is 7.16. The number of benzene rings is 3. The van der Waals surface area contributed by atoms with Gasteiger partial charge >= 0.3 is 5.91 Å². The van der Waals surface area contributed by atoms with E-state index in [9.17, 15) is 14.7 Å². The van der Waals surface area contributed by atoms with Crippen molar-refractivity contribution in [1.29, 1.82) is 0 Å². The van der Waals surface area contributed by atoms with E-state index in [1.54, 1.807) is 60.7 Å². The number of anilines is 1. The lowest BCUT2D eigenvalue weighted by Gasteiger charge is -2.24. The average molecular weight is 593 g/mol. The average Bonchev–Trinajstić information content (AvgIpc) is 3.50. The fraction of sp³-hybridized carbons (Fsp3) is 0.258. The summed E-state index contributed by atoms with van der Waals surface area (Å²) >= 11 is 7.43. The molecule has 1 aromatic heterocycles. The van der Waals surface area contributed by atoms with Gasteiger partial charge < -0.3 is 19.3 Å². The lowest BCUT2D eigenvalue weighted by atomic mass is 9.95. The first-order valence-corrected chi connectivity index (χ1v) is 14.5. The van der Waals surface area contributed by atoms with E-state index in [1.807, 2.05) is 6.92 Å². The molecule has 41 heavy (non-hydrogen) atoms. The summed E-state index contributed by atoms with van der Waals surface area (Å²) < 4.78 is 17.8. The molecule has 1 amide bonds. The number of unbranched alkanes of at least 4 members (excludes halogenated alkanes) is 1. The van der Waals surface area contributed by atoms with Crippen LogP contribution in [0.2, 0.25) is 5.02 Å². The van der Waals surface area contributed by atoms with E-state index in [2.05, 4.69) is 11.9 Å². The third-order valence-corrected chi connectivity index (χ3v) is 7.92. The Morgan fingerprint density at radius 2 is 1.88 bits per heavy atom. The molecule has 1 saturated heterocycles. The number of hydrogen-bond donors (Lipinski definition) is 1. The second-order valence-electron chi connectivity index (χ2n) is 9.35. The van der Waals surface area contributed by atoms with Crippen LogP contribution in [0.5, 0.6) is 17.2 Å². The van der Waals surface area contributed by atoms with Crippen molar-refractivity contribution in [3.8, 4) is 17.2 Å². The van der Waals surface area contributed by atoms with E-state index < -0.39 is 17.7 Å². The Labute approximate surface area is 246 Å². The number of carbonyl (C=O) groups is 2. The SMILES string of the molecule is CCCCOc1cccc(/C(O)=C2\C(=O)C(=O)N(c3nc4ccc(Cl)cc4s3)C2c2ccc(OCC)c(OC)c2)c1. The van der Waals surface area contributed by atoms with Gasteiger partial charge in [-0.05, 0) is 61.4 Å². The first-order valence-electron chi connectivity index (χ1n) is 13.3. The van der Waals surface area contributed by atoms with Crippen LogP contribution < -0.4 is 19.1 Å². The van der Waals surface area contributed by atoms with Gasteiger partial charge in [0.15, 0.2) is 16.6 Å². The van der Waals surface area contributed by atoms with Crippen LogP contribution in [0, 0.1) is 0 Å². The summed E-state index contributed by atoms with van der Waals surface area (Å²) in [5.41, 5.74) is 1.47. The number of Topliss-reactive ketones (excluding diaryl/α,β-unsaturated/α-hetero) is 1. The molecule has 1 aliphatic heterocycles. The van der Waals surface area contributed by atoms with Crippen molar-refractivity contribution in [3.63, 3.8) is 0 Å². The van der Waals surface area contributed by atoms with Crippen LogP contribution in [0.1, 0.15) is 43.9 Å². The first-order chi connectivity index (χ1) is 19.9. The molecule has 1 N–H and O–H groups in total. The zero-order valence-corrected chi connectivity index (χ0v) is 24.4. The summed E-state index contributed by atoms with van der Waals surface area (Å²) in [4.78, 5) is 33.2. The maximum absolute atomic E-state index is 13.6. The Balaban J connectivity index is 1.68. The molecule has 8 nitrogen and oxygen atoms in total. The molecule has 4 aromatic rings. The third-order valence-electron chi connectivity index (χ3n) is 6.67. The zero-order valence-electron chi connectivity index (χ0n) is 22.8. The minimum atomic E-state index is -0.986. The highest BCUT2D eigenvalue weighted by atomic mass is 35.5. The van der Waals surface area contributed by atoms with E-state index in [0.717, 1.165) is 17.5 Å². The number of rotatable bonds is 10. The summed E-state index contributed by atoms with van der Waals surface area (Å²) in [6.07, 6.45) is 1.86. The van der Waals surface area contributed by atoms with Crippen molar-refractivity contribution in [2.45, 2.75) is 32.7 Å². The molecule has 0 saturated carbocycles. The van der Waals surface area contributed by atoms with Crippen molar-refractivity contribution in [3.05, 3.63) is 82.4 Å². The minimum Gasteiger partial charge on any atom is -0.507 e. The number of ketones is 1. The van der Waals surface area contributed by atoms with Crippen molar-refractivity contribution in [1.82, 2.24) is 4.98 Å². The third kappa shape index (κ3) is 5.60. The number of aromatic nitrogens is 1. The first kappa shape index (κ1) is 28.4. The fourth-order valence-corrected chi connectivity index (χ4v) is 5.95. The van der Waals surface area contributed by atoms with Crippen LogP contribution in [0.25, 0.3) is 16.0 Å². The lowest BCUT2D eigenvalue weighted by Crippen LogP contribution is -2.29. The standard InChI is InChI=1S/C31H29ClN2O6S/c1-4-6-14-40-21-9-7-8-19(15-21)28(35)26-27(18-10-13-23(39-5-2)24(16-18)38-3)34(30(37)29(26)36)31-33-22-12-11-20(32)17-25(22)41-31/h7-13,15-17,27,35H,4-6,14H2,1-3H3/b28-26+. The number of hydrogen-bond acceptors (Lipinski definition) is 8. The summed E-state index contributed by atoms with van der Waals surface area (Å²) in [6, 6.07) is 16.3. The van der Waals surface area contributed by atoms with Crippen molar-refractivity contribution >= 4 is 55.7 Å². The molecule has 5 rings (SSSR count). The Bertz CT molecular complexity index is 1650. The Kier molecular flexibility index (Phi) is 8.46. The molecule has 1 unspecified atom stereocenters. The van der Waals surface area contributed by atoms with Gasteiger partial charge in [-0.25, -0.2) is 4.98 Å². The molecule has 0 radical (unpaired) electrons. The number of methoxy groups -OCH3 is 1. The number of nitrogens with zero attached hydrogens (tertiary/aromatic N) is 2. The molecule has 2 heterocycles. The maximum Gasteiger partial charge on any atom is 0.301 e. The maximum atomic E-state index is 13.6. The van der Waals surface area contributed by atoms with Crippen molar-refractivity contribution < 1.29 is 28.9 Å². The highest BCUT2D eigenvalue weighted by molar-refractivity contribution is 7.22. The van der Waals surface area contributed by atoms with Gasteiger partial charge in [0.2, 0.25) is 0 Å². The monoisotopic (exact) mass is 592 g/mol. The number of amides is 1.